The fourth-order valence-electron chi connectivity index (χ4n) is 1.75. The number of aryl methyl sites for hydroxylation is 1. The van der Waals surface area contributed by atoms with Gasteiger partial charge in [0, 0.05) is 6.08 Å². The molecule has 0 bridgehead atoms. The van der Waals surface area contributed by atoms with Gasteiger partial charge >= 0.3 is 5.97 Å². The molecule has 0 aliphatic carbocycles. The van der Waals surface area contributed by atoms with Gasteiger partial charge in [0.2, 0.25) is 12.6 Å². The minimum atomic E-state index is -0.685. The van der Waals surface area contributed by atoms with Crippen molar-refractivity contribution in [2.75, 3.05) is 0 Å². The van der Waals surface area contributed by atoms with E-state index in [4.69, 9.17) is 14.2 Å². The summed E-state index contributed by atoms with van der Waals surface area (Å²) in [6, 6.07) is 7.88. The maximum atomic E-state index is 11.0. The van der Waals surface area contributed by atoms with Gasteiger partial charge in [0.25, 0.3) is 0 Å². The highest BCUT2D eigenvalue weighted by molar-refractivity contribution is 5.81. The Balaban J connectivity index is 2.43. The number of rotatable bonds is 8. The summed E-state index contributed by atoms with van der Waals surface area (Å²) in [6.45, 7) is 8.85. The molecular formula is C16H22O4. The van der Waals surface area contributed by atoms with Crippen LogP contribution in [0.3, 0.4) is 0 Å². The Hall–Kier alpha value is -1.81. The van der Waals surface area contributed by atoms with E-state index in [0.717, 1.165) is 24.7 Å². The number of ether oxygens (including phenoxy) is 3. The van der Waals surface area contributed by atoms with Gasteiger partial charge in [-0.25, -0.2) is 4.79 Å². The third-order valence-corrected chi connectivity index (χ3v) is 2.60. The Bertz CT molecular complexity index is 425. The first-order valence-corrected chi connectivity index (χ1v) is 6.79. The fraction of sp³-hybridized carbons (Fsp3) is 0.438. The van der Waals surface area contributed by atoms with Crippen LogP contribution in [0.2, 0.25) is 0 Å². The zero-order valence-corrected chi connectivity index (χ0v) is 12.3. The van der Waals surface area contributed by atoms with E-state index < -0.39 is 18.5 Å². The van der Waals surface area contributed by atoms with Gasteiger partial charge in [0.15, 0.2) is 0 Å². The zero-order chi connectivity index (χ0) is 15.0. The lowest BCUT2D eigenvalue weighted by molar-refractivity contribution is -0.204. The smallest absolute Gasteiger partial charge is 0.332 e. The molecule has 1 rings (SSSR count). The van der Waals surface area contributed by atoms with Crippen LogP contribution in [0.1, 0.15) is 32.8 Å². The normalized spacial score (nSPS) is 13.3. The lowest BCUT2D eigenvalue weighted by Crippen LogP contribution is -2.25. The molecule has 110 valence electrons. The summed E-state index contributed by atoms with van der Waals surface area (Å²) < 4.78 is 15.9. The van der Waals surface area contributed by atoms with Gasteiger partial charge in [-0.2, -0.15) is 0 Å². The molecule has 2 unspecified atom stereocenters. The van der Waals surface area contributed by atoms with Crippen molar-refractivity contribution >= 4 is 5.97 Å². The maximum Gasteiger partial charge on any atom is 0.332 e. The lowest BCUT2D eigenvalue weighted by Gasteiger charge is -2.20. The Morgan fingerprint density at radius 1 is 1.25 bits per heavy atom. The average molecular weight is 278 g/mol. The second kappa shape index (κ2) is 8.38. The third-order valence-electron chi connectivity index (χ3n) is 2.60. The molecule has 4 heteroatoms. The standard InChI is InChI=1S/C16H22O4/c1-5-7-14-8-10-15(11-9-14)19-12(3)18-13(4)20-16(17)6-2/h6,8-13H,2,5,7H2,1,3-4H3. The summed E-state index contributed by atoms with van der Waals surface area (Å²) >= 11 is 0. The van der Waals surface area contributed by atoms with Gasteiger partial charge in [-0.3, -0.25) is 0 Å². The largest absolute Gasteiger partial charge is 0.465 e. The van der Waals surface area contributed by atoms with Crippen molar-refractivity contribution in [2.45, 2.75) is 46.2 Å². The van der Waals surface area contributed by atoms with Crippen LogP contribution in [0.25, 0.3) is 0 Å². The third kappa shape index (κ3) is 5.89. The topological polar surface area (TPSA) is 44.8 Å². The van der Waals surface area contributed by atoms with Crippen LogP contribution >= 0.6 is 0 Å². The molecule has 0 aliphatic heterocycles. The van der Waals surface area contributed by atoms with Gasteiger partial charge < -0.3 is 14.2 Å². The molecule has 0 aromatic heterocycles. The van der Waals surface area contributed by atoms with E-state index in [1.165, 1.54) is 5.56 Å². The van der Waals surface area contributed by atoms with Crippen LogP contribution in [-0.2, 0) is 20.7 Å². The summed E-state index contributed by atoms with van der Waals surface area (Å²) in [4.78, 5) is 11.0. The fourth-order valence-corrected chi connectivity index (χ4v) is 1.75. The van der Waals surface area contributed by atoms with Crippen molar-refractivity contribution in [3.05, 3.63) is 42.5 Å². The summed E-state index contributed by atoms with van der Waals surface area (Å²) in [5.41, 5.74) is 1.28. The van der Waals surface area contributed by atoms with Crippen molar-refractivity contribution in [1.29, 1.82) is 0 Å². The molecule has 1 aromatic carbocycles. The second-order valence-corrected chi connectivity index (χ2v) is 4.42. The van der Waals surface area contributed by atoms with Crippen LogP contribution in [-0.4, -0.2) is 18.5 Å². The highest BCUT2D eigenvalue weighted by atomic mass is 16.8. The van der Waals surface area contributed by atoms with Crippen molar-refractivity contribution in [1.82, 2.24) is 0 Å². The number of carbonyl (C=O) groups is 1. The van der Waals surface area contributed by atoms with E-state index in [-0.39, 0.29) is 0 Å². The predicted molar refractivity (Wildman–Crippen MR) is 77.4 cm³/mol. The average Bonchev–Trinajstić information content (AvgIpc) is 2.40. The SMILES string of the molecule is C=CC(=O)OC(C)OC(C)Oc1ccc(CCC)cc1. The van der Waals surface area contributed by atoms with Gasteiger partial charge in [0.1, 0.15) is 5.75 Å². The van der Waals surface area contributed by atoms with Gasteiger partial charge in [-0.05, 0) is 38.0 Å². The van der Waals surface area contributed by atoms with Crippen molar-refractivity contribution in [3.8, 4) is 5.75 Å². The molecule has 0 radical (unpaired) electrons. The van der Waals surface area contributed by atoms with Crippen molar-refractivity contribution in [3.63, 3.8) is 0 Å². The first kappa shape index (κ1) is 16.2. The molecule has 0 fully saturated rings. The van der Waals surface area contributed by atoms with Crippen LogP contribution in [0.15, 0.2) is 36.9 Å². The number of benzene rings is 1. The molecule has 20 heavy (non-hydrogen) atoms. The van der Waals surface area contributed by atoms with Crippen molar-refractivity contribution in [2.24, 2.45) is 0 Å². The highest BCUT2D eigenvalue weighted by Crippen LogP contribution is 2.16. The Morgan fingerprint density at radius 3 is 2.45 bits per heavy atom. The molecule has 0 heterocycles. The number of esters is 1. The number of hydrogen-bond acceptors (Lipinski definition) is 4. The lowest BCUT2D eigenvalue weighted by atomic mass is 10.1. The Labute approximate surface area is 120 Å². The first-order valence-electron chi connectivity index (χ1n) is 6.79. The molecule has 0 N–H and O–H groups in total. The highest BCUT2D eigenvalue weighted by Gasteiger charge is 2.12. The van der Waals surface area contributed by atoms with E-state index >= 15 is 0 Å². The van der Waals surface area contributed by atoms with Crippen LogP contribution in [0, 0.1) is 0 Å². The Kier molecular flexibility index (Phi) is 6.81. The van der Waals surface area contributed by atoms with E-state index in [9.17, 15) is 4.79 Å². The molecule has 0 saturated carbocycles. The number of carbonyl (C=O) groups excluding carboxylic acids is 1. The van der Waals surface area contributed by atoms with Crippen LogP contribution in [0.4, 0.5) is 0 Å². The van der Waals surface area contributed by atoms with E-state index in [0.29, 0.717) is 0 Å². The Morgan fingerprint density at radius 2 is 1.90 bits per heavy atom. The first-order chi connectivity index (χ1) is 9.55. The second-order valence-electron chi connectivity index (χ2n) is 4.42. The summed E-state index contributed by atoms with van der Waals surface area (Å²) in [7, 11) is 0. The van der Waals surface area contributed by atoms with Gasteiger partial charge in [-0.1, -0.05) is 32.1 Å². The zero-order valence-electron chi connectivity index (χ0n) is 12.3. The minimum Gasteiger partial charge on any atom is -0.465 e. The van der Waals surface area contributed by atoms with Crippen LogP contribution in [0.5, 0.6) is 5.75 Å². The molecule has 1 aromatic rings. The van der Waals surface area contributed by atoms with Crippen LogP contribution < -0.4 is 4.74 Å². The minimum absolute atomic E-state index is 0.514. The van der Waals surface area contributed by atoms with E-state index in [2.05, 4.69) is 13.5 Å². The molecule has 0 saturated heterocycles. The van der Waals surface area contributed by atoms with Crippen molar-refractivity contribution < 1.29 is 19.0 Å². The molecule has 2 atom stereocenters. The summed E-state index contributed by atoms with van der Waals surface area (Å²) in [6.07, 6.45) is 2.07. The number of hydrogen-bond donors (Lipinski definition) is 0. The van der Waals surface area contributed by atoms with E-state index in [1.807, 2.05) is 24.3 Å². The molecule has 4 nitrogen and oxygen atoms in total. The quantitative estimate of drug-likeness (QED) is 0.415. The maximum absolute atomic E-state index is 11.0. The predicted octanol–water partition coefficient (Wildman–Crippen LogP) is 3.46. The van der Waals surface area contributed by atoms with E-state index in [1.54, 1.807) is 13.8 Å². The molecular weight excluding hydrogens is 256 g/mol. The molecule has 0 spiro atoms. The summed E-state index contributed by atoms with van der Waals surface area (Å²) in [5.74, 6) is 0.202. The monoisotopic (exact) mass is 278 g/mol. The summed E-state index contributed by atoms with van der Waals surface area (Å²) in [5, 5.41) is 0. The molecule has 0 aliphatic rings. The van der Waals surface area contributed by atoms with Gasteiger partial charge in [-0.15, -0.1) is 0 Å². The molecule has 0 amide bonds. The van der Waals surface area contributed by atoms with Gasteiger partial charge in [0.05, 0.1) is 0 Å².